The van der Waals surface area contributed by atoms with Crippen LogP contribution in [0.5, 0.6) is 57.5 Å². The van der Waals surface area contributed by atoms with Crippen molar-refractivity contribution in [3.63, 3.8) is 0 Å². The van der Waals surface area contributed by atoms with Gasteiger partial charge < -0.3 is 52.5 Å². The molecule has 11 heteroatoms. The van der Waals surface area contributed by atoms with Crippen LogP contribution in [0, 0.1) is 0 Å². The number of ether oxygens (including phenoxy) is 10. The Morgan fingerprint density at radius 3 is 0.739 bits per heavy atom. The van der Waals surface area contributed by atoms with Crippen molar-refractivity contribution in [2.24, 2.45) is 0 Å². The first kappa shape index (κ1) is 71.9. The first-order valence-corrected chi connectivity index (χ1v) is 35.0. The largest absolute Gasteiger partial charge is 0.494 e. The van der Waals surface area contributed by atoms with Crippen molar-refractivity contribution in [1.82, 2.24) is 0 Å². The molecule has 7 aromatic rings. The van der Waals surface area contributed by atoms with Gasteiger partial charge in [0, 0.05) is 6.07 Å². The van der Waals surface area contributed by atoms with E-state index in [1.165, 1.54) is 128 Å². The van der Waals surface area contributed by atoms with Crippen LogP contribution in [0.4, 0.5) is 0 Å². The van der Waals surface area contributed by atoms with E-state index in [4.69, 9.17) is 47.4 Å². The van der Waals surface area contributed by atoms with Crippen LogP contribution in [-0.4, -0.2) is 31.5 Å². The molecule has 0 aliphatic rings. The van der Waals surface area contributed by atoms with Gasteiger partial charge in [-0.05, 0) is 150 Å². The minimum absolute atomic E-state index is 0.191. The molecule has 0 saturated heterocycles. The molecule has 0 amide bonds. The monoisotopic (exact) mass is 1260 g/mol. The second-order valence-corrected chi connectivity index (χ2v) is 24.3. The van der Waals surface area contributed by atoms with Crippen LogP contribution in [0.1, 0.15) is 221 Å². The molecule has 11 nitrogen and oxygen atoms in total. The lowest BCUT2D eigenvalue weighted by Crippen LogP contribution is -2.04. The summed E-state index contributed by atoms with van der Waals surface area (Å²) in [6.07, 6.45) is 29.4. The third-order valence-corrected chi connectivity index (χ3v) is 16.3. The SMILES string of the molecule is CCCCCCCCOc1ccc(COc2ccc(COc3cc(CO)cc(OCc4ccc(OCc5ccc(OCCCCCCCC)cc5)c(OCc5ccc(OCCCCCCCC)cc5)c4)c3)cc2OCc2ccc(OCCCCCCCC)cc2)cc1. The third kappa shape index (κ3) is 28.6. The molecule has 0 fully saturated rings. The van der Waals surface area contributed by atoms with E-state index in [0.717, 1.165) is 95.3 Å². The number of aliphatic hydroxyl groups excluding tert-OH is 1. The number of rotatable bonds is 51. The van der Waals surface area contributed by atoms with Gasteiger partial charge in [-0.2, -0.15) is 0 Å². The highest BCUT2D eigenvalue weighted by Crippen LogP contribution is 2.34. The second-order valence-electron chi connectivity index (χ2n) is 24.3. The van der Waals surface area contributed by atoms with Crippen molar-refractivity contribution in [3.05, 3.63) is 191 Å². The van der Waals surface area contributed by atoms with Gasteiger partial charge in [-0.1, -0.05) is 217 Å². The zero-order valence-electron chi connectivity index (χ0n) is 56.2. The molecule has 0 bridgehead atoms. The molecule has 0 saturated carbocycles. The van der Waals surface area contributed by atoms with E-state index in [-0.39, 0.29) is 19.8 Å². The first-order chi connectivity index (χ1) is 45.4. The van der Waals surface area contributed by atoms with E-state index in [2.05, 4.69) is 52.0 Å². The van der Waals surface area contributed by atoms with Crippen molar-refractivity contribution in [1.29, 1.82) is 0 Å². The Morgan fingerprint density at radius 1 is 0.207 bits per heavy atom. The Morgan fingerprint density at radius 2 is 0.457 bits per heavy atom. The van der Waals surface area contributed by atoms with E-state index >= 15 is 0 Å². The average Bonchev–Trinajstić information content (AvgIpc) is 3.20. The Labute approximate surface area is 552 Å². The summed E-state index contributed by atoms with van der Waals surface area (Å²) in [5.74, 6) is 6.99. The maximum Gasteiger partial charge on any atom is 0.162 e. The molecule has 498 valence electrons. The van der Waals surface area contributed by atoms with Gasteiger partial charge in [-0.15, -0.1) is 0 Å². The zero-order valence-corrected chi connectivity index (χ0v) is 56.2. The van der Waals surface area contributed by atoms with Gasteiger partial charge in [-0.25, -0.2) is 0 Å². The summed E-state index contributed by atoms with van der Waals surface area (Å²) < 4.78 is 63.2. The Bertz CT molecular complexity index is 2830. The Balaban J connectivity index is 0.984. The van der Waals surface area contributed by atoms with Crippen molar-refractivity contribution < 1.29 is 52.5 Å². The van der Waals surface area contributed by atoms with E-state index in [0.29, 0.717) is 79.7 Å². The molecule has 7 rings (SSSR count). The highest BCUT2D eigenvalue weighted by molar-refractivity contribution is 5.46. The number of benzene rings is 7. The highest BCUT2D eigenvalue weighted by atomic mass is 16.5. The lowest BCUT2D eigenvalue weighted by molar-refractivity contribution is 0.252. The predicted molar refractivity (Wildman–Crippen MR) is 372 cm³/mol. The fraction of sp³-hybridized carbons (Fsp3) is 0.481. The Hall–Kier alpha value is -7.50. The topological polar surface area (TPSA) is 113 Å². The van der Waals surface area contributed by atoms with Crippen LogP contribution >= 0.6 is 0 Å². The molecule has 1 N–H and O–H groups in total. The molecular formula is C81H108O11. The van der Waals surface area contributed by atoms with Gasteiger partial charge in [0.2, 0.25) is 0 Å². The third-order valence-electron chi connectivity index (χ3n) is 16.3. The summed E-state index contributed by atoms with van der Waals surface area (Å²) in [5, 5.41) is 10.4. The molecule has 0 aliphatic carbocycles. The molecule has 7 aromatic carbocycles. The second kappa shape index (κ2) is 44.1. The molecule has 0 heterocycles. The van der Waals surface area contributed by atoms with E-state index < -0.39 is 0 Å². The van der Waals surface area contributed by atoms with Crippen LogP contribution in [0.25, 0.3) is 0 Å². The fourth-order valence-corrected chi connectivity index (χ4v) is 10.6. The molecule has 0 aliphatic heterocycles. The van der Waals surface area contributed by atoms with Gasteiger partial charge in [0.1, 0.15) is 74.1 Å². The highest BCUT2D eigenvalue weighted by Gasteiger charge is 2.14. The van der Waals surface area contributed by atoms with Crippen molar-refractivity contribution >= 4 is 0 Å². The lowest BCUT2D eigenvalue weighted by atomic mass is 10.1. The van der Waals surface area contributed by atoms with Gasteiger partial charge >= 0.3 is 0 Å². The van der Waals surface area contributed by atoms with Crippen LogP contribution in [-0.2, 0) is 46.2 Å². The normalized spacial score (nSPS) is 11.1. The first-order valence-electron chi connectivity index (χ1n) is 35.0. The maximum atomic E-state index is 10.4. The molecule has 92 heavy (non-hydrogen) atoms. The van der Waals surface area contributed by atoms with Gasteiger partial charge in [0.25, 0.3) is 0 Å². The lowest BCUT2D eigenvalue weighted by Gasteiger charge is -2.16. The van der Waals surface area contributed by atoms with E-state index in [1.54, 1.807) is 0 Å². The summed E-state index contributed by atoms with van der Waals surface area (Å²) in [6.45, 7) is 13.5. The van der Waals surface area contributed by atoms with Crippen molar-refractivity contribution in [3.8, 4) is 57.5 Å². The zero-order chi connectivity index (χ0) is 64.3. The van der Waals surface area contributed by atoms with Gasteiger partial charge in [0.05, 0.1) is 33.0 Å². The minimum Gasteiger partial charge on any atom is -0.494 e. The molecule has 0 radical (unpaired) electrons. The van der Waals surface area contributed by atoms with Crippen molar-refractivity contribution in [2.75, 3.05) is 26.4 Å². The Kier molecular flexibility index (Phi) is 34.5. The number of aliphatic hydroxyl groups is 1. The number of hydrogen-bond acceptors (Lipinski definition) is 11. The quantitative estimate of drug-likeness (QED) is 0.0368. The van der Waals surface area contributed by atoms with E-state index in [1.807, 2.05) is 127 Å². The van der Waals surface area contributed by atoms with Crippen LogP contribution in [0.3, 0.4) is 0 Å². The summed E-state index contributed by atoms with van der Waals surface area (Å²) in [7, 11) is 0. The van der Waals surface area contributed by atoms with Crippen LogP contribution in [0.15, 0.2) is 152 Å². The number of unbranched alkanes of at least 4 members (excludes halogenated alkanes) is 20. The van der Waals surface area contributed by atoms with Crippen LogP contribution in [0.2, 0.25) is 0 Å². The number of hydrogen-bond donors (Lipinski definition) is 1. The van der Waals surface area contributed by atoms with Crippen molar-refractivity contribution in [2.45, 2.75) is 228 Å². The smallest absolute Gasteiger partial charge is 0.162 e. The molecule has 0 aromatic heterocycles. The van der Waals surface area contributed by atoms with Gasteiger partial charge in [0.15, 0.2) is 23.0 Å². The summed E-state index contributed by atoms with van der Waals surface area (Å²) in [6, 6.07) is 49.8. The van der Waals surface area contributed by atoms with Gasteiger partial charge in [-0.3, -0.25) is 0 Å². The fourth-order valence-electron chi connectivity index (χ4n) is 10.6. The molecule has 0 unspecified atom stereocenters. The molecular weight excluding hydrogens is 1150 g/mol. The summed E-state index contributed by atoms with van der Waals surface area (Å²) >= 11 is 0. The molecule has 0 atom stereocenters. The van der Waals surface area contributed by atoms with Crippen LogP contribution < -0.4 is 47.4 Å². The summed E-state index contributed by atoms with van der Waals surface area (Å²) in [4.78, 5) is 0. The van der Waals surface area contributed by atoms with E-state index in [9.17, 15) is 5.11 Å². The standard InChI is InChI=1S/C81H108O11/c1-5-9-13-17-21-25-49-83-72-39-29-65(30-40-72)59-89-78-47-37-69(55-80(78)91-61-67-33-43-74(44-34-67)85-51-27-23-19-15-11-7-3)63-87-76-53-71(58-82)54-77(57-76)88-64-70-38-48-79(90-60-66-31-41-73(42-32-66)84-50-26-22-18-14-10-6-2)81(56-70)92-62-68-35-45-75(46-36-68)86-52-28-24-20-16-12-8-4/h29-48,53-57,82H,5-28,49-52,58-64H2,1-4H3. The average molecular weight is 1260 g/mol. The predicted octanol–water partition coefficient (Wildman–Crippen LogP) is 21.6. The minimum atomic E-state index is -0.191. The molecule has 0 spiro atoms. The maximum absolute atomic E-state index is 10.4. The summed E-state index contributed by atoms with van der Waals surface area (Å²) in [5.41, 5.74) is 6.47.